The van der Waals surface area contributed by atoms with Crippen molar-refractivity contribution in [2.75, 3.05) is 5.73 Å². The fraction of sp³-hybridized carbons (Fsp3) is 0.0625. The van der Waals surface area contributed by atoms with Gasteiger partial charge in [0.15, 0.2) is 5.82 Å². The number of nitrogens with one attached hydrogen (secondary N) is 1. The van der Waals surface area contributed by atoms with Gasteiger partial charge in [0.25, 0.3) is 0 Å². The van der Waals surface area contributed by atoms with Crippen molar-refractivity contribution in [1.29, 1.82) is 0 Å². The fourth-order valence-corrected chi connectivity index (χ4v) is 3.03. The maximum Gasteiger partial charge on any atom is 0.153 e. The van der Waals surface area contributed by atoms with E-state index in [0.717, 1.165) is 31.3 Å². The average Bonchev–Trinajstić information content (AvgIpc) is 2.85. The van der Waals surface area contributed by atoms with Gasteiger partial charge in [-0.2, -0.15) is 5.10 Å². The zero-order chi connectivity index (χ0) is 15.0. The molecule has 2 aromatic carbocycles. The minimum Gasteiger partial charge on any atom is -0.382 e. The monoisotopic (exact) mass is 405 g/mol. The number of hydrogen-bond acceptors (Lipinski definition) is 2. The van der Waals surface area contributed by atoms with Crippen molar-refractivity contribution in [3.63, 3.8) is 0 Å². The first kappa shape index (κ1) is 14.4. The topological polar surface area (TPSA) is 54.7 Å². The second-order valence-corrected chi connectivity index (χ2v) is 6.51. The third kappa shape index (κ3) is 2.63. The number of rotatable bonds is 2. The van der Waals surface area contributed by atoms with Crippen LogP contribution in [0.15, 0.2) is 51.4 Å². The molecule has 3 nitrogen and oxygen atoms in total. The van der Waals surface area contributed by atoms with Crippen LogP contribution < -0.4 is 5.73 Å². The number of benzene rings is 2. The number of aromatic nitrogens is 2. The zero-order valence-electron chi connectivity index (χ0n) is 11.3. The standard InChI is InChI=1S/C16H13Br2N3/c1-9-3-2-4-12(14(9)18)15-13(16(19)21-20-15)10-5-7-11(17)8-6-10/h2-8H,1H3,(H3,19,20,21). The second-order valence-electron chi connectivity index (χ2n) is 4.80. The molecule has 0 radical (unpaired) electrons. The molecule has 3 N–H and O–H groups in total. The summed E-state index contributed by atoms with van der Waals surface area (Å²) >= 11 is 7.10. The van der Waals surface area contributed by atoms with Crippen molar-refractivity contribution in [2.24, 2.45) is 0 Å². The lowest BCUT2D eigenvalue weighted by Crippen LogP contribution is -1.90. The van der Waals surface area contributed by atoms with E-state index in [1.165, 1.54) is 5.56 Å². The summed E-state index contributed by atoms with van der Waals surface area (Å²) in [6, 6.07) is 14.2. The van der Waals surface area contributed by atoms with Gasteiger partial charge < -0.3 is 5.73 Å². The summed E-state index contributed by atoms with van der Waals surface area (Å²) in [6.07, 6.45) is 0. The third-order valence-electron chi connectivity index (χ3n) is 3.39. The van der Waals surface area contributed by atoms with E-state index in [1.807, 2.05) is 36.4 Å². The van der Waals surface area contributed by atoms with E-state index in [0.29, 0.717) is 5.82 Å². The quantitative estimate of drug-likeness (QED) is 0.617. The number of aryl methyl sites for hydroxylation is 1. The Morgan fingerprint density at radius 1 is 1.05 bits per heavy atom. The molecule has 106 valence electrons. The number of nitrogens with two attached hydrogens (primary N) is 1. The molecule has 0 aliphatic heterocycles. The number of anilines is 1. The lowest BCUT2D eigenvalue weighted by Gasteiger charge is -2.08. The number of aromatic amines is 1. The molecular weight excluding hydrogens is 394 g/mol. The number of H-pyrrole nitrogens is 1. The Bertz CT molecular complexity index is 792. The molecule has 0 saturated heterocycles. The Hall–Kier alpha value is -1.59. The van der Waals surface area contributed by atoms with Crippen molar-refractivity contribution >= 4 is 37.7 Å². The smallest absolute Gasteiger partial charge is 0.153 e. The highest BCUT2D eigenvalue weighted by atomic mass is 79.9. The van der Waals surface area contributed by atoms with Crippen LogP contribution in [0.2, 0.25) is 0 Å². The minimum atomic E-state index is 0.501. The molecule has 3 rings (SSSR count). The Labute approximate surface area is 139 Å². The van der Waals surface area contributed by atoms with Crippen LogP contribution in [0.1, 0.15) is 5.56 Å². The molecular formula is C16H13Br2N3. The predicted octanol–water partition coefficient (Wildman–Crippen LogP) is 5.16. The Kier molecular flexibility index (Phi) is 3.87. The minimum absolute atomic E-state index is 0.501. The molecule has 0 unspecified atom stereocenters. The molecule has 0 amide bonds. The molecule has 1 aromatic heterocycles. The SMILES string of the molecule is Cc1cccc(-c2[nH]nc(N)c2-c2ccc(Br)cc2)c1Br. The van der Waals surface area contributed by atoms with Crippen LogP contribution in [0.25, 0.3) is 22.4 Å². The van der Waals surface area contributed by atoms with E-state index in [9.17, 15) is 0 Å². The summed E-state index contributed by atoms with van der Waals surface area (Å²) in [6.45, 7) is 2.06. The summed E-state index contributed by atoms with van der Waals surface area (Å²) < 4.78 is 2.08. The average molecular weight is 407 g/mol. The van der Waals surface area contributed by atoms with Crippen LogP contribution in [-0.2, 0) is 0 Å². The summed E-state index contributed by atoms with van der Waals surface area (Å²) in [7, 11) is 0. The third-order valence-corrected chi connectivity index (χ3v) is 4.97. The Balaban J connectivity index is 2.22. The molecule has 0 atom stereocenters. The van der Waals surface area contributed by atoms with Gasteiger partial charge in [-0.15, -0.1) is 0 Å². The molecule has 5 heteroatoms. The molecule has 3 aromatic rings. The molecule has 0 saturated carbocycles. The van der Waals surface area contributed by atoms with Gasteiger partial charge in [0.1, 0.15) is 0 Å². The van der Waals surface area contributed by atoms with E-state index >= 15 is 0 Å². The lowest BCUT2D eigenvalue weighted by molar-refractivity contribution is 1.10. The van der Waals surface area contributed by atoms with Gasteiger partial charge in [-0.3, -0.25) is 5.10 Å². The van der Waals surface area contributed by atoms with Crippen molar-refractivity contribution in [3.8, 4) is 22.4 Å². The van der Waals surface area contributed by atoms with Crippen LogP contribution in [0, 0.1) is 6.92 Å². The normalized spacial score (nSPS) is 10.8. The van der Waals surface area contributed by atoms with E-state index in [-0.39, 0.29) is 0 Å². The van der Waals surface area contributed by atoms with Crippen molar-refractivity contribution in [2.45, 2.75) is 6.92 Å². The van der Waals surface area contributed by atoms with Gasteiger partial charge in [-0.05, 0) is 46.1 Å². The number of nitrogens with zero attached hydrogens (tertiary/aromatic N) is 1. The Morgan fingerprint density at radius 3 is 2.48 bits per heavy atom. The molecule has 1 heterocycles. The van der Waals surface area contributed by atoms with Crippen LogP contribution in [0.3, 0.4) is 0 Å². The molecule has 0 spiro atoms. The lowest BCUT2D eigenvalue weighted by atomic mass is 10.00. The van der Waals surface area contributed by atoms with Crippen LogP contribution in [0.4, 0.5) is 5.82 Å². The van der Waals surface area contributed by atoms with Crippen molar-refractivity contribution < 1.29 is 0 Å². The van der Waals surface area contributed by atoms with Gasteiger partial charge in [0.05, 0.1) is 11.3 Å². The molecule has 0 fully saturated rings. The van der Waals surface area contributed by atoms with Gasteiger partial charge >= 0.3 is 0 Å². The van der Waals surface area contributed by atoms with Crippen LogP contribution in [-0.4, -0.2) is 10.2 Å². The van der Waals surface area contributed by atoms with E-state index in [4.69, 9.17) is 5.73 Å². The maximum absolute atomic E-state index is 6.07. The van der Waals surface area contributed by atoms with Crippen LogP contribution >= 0.6 is 31.9 Å². The van der Waals surface area contributed by atoms with E-state index in [2.05, 4.69) is 55.0 Å². The predicted molar refractivity (Wildman–Crippen MR) is 94.0 cm³/mol. The summed E-state index contributed by atoms with van der Waals surface area (Å²) in [4.78, 5) is 0. The first-order valence-corrected chi connectivity index (χ1v) is 8.02. The largest absolute Gasteiger partial charge is 0.382 e. The first-order chi connectivity index (χ1) is 10.1. The fourth-order valence-electron chi connectivity index (χ4n) is 2.30. The molecule has 0 aliphatic carbocycles. The van der Waals surface area contributed by atoms with E-state index < -0.39 is 0 Å². The molecule has 0 bridgehead atoms. The highest BCUT2D eigenvalue weighted by molar-refractivity contribution is 9.10. The highest BCUT2D eigenvalue weighted by Crippen LogP contribution is 2.39. The number of nitrogen functional groups attached to an aromatic ring is 1. The van der Waals surface area contributed by atoms with E-state index in [1.54, 1.807) is 0 Å². The van der Waals surface area contributed by atoms with Gasteiger partial charge in [0, 0.05) is 14.5 Å². The maximum atomic E-state index is 6.07. The summed E-state index contributed by atoms with van der Waals surface area (Å²) in [5.74, 6) is 0.501. The number of hydrogen-bond donors (Lipinski definition) is 2. The van der Waals surface area contributed by atoms with Crippen molar-refractivity contribution in [3.05, 3.63) is 57.0 Å². The number of halogens is 2. The first-order valence-electron chi connectivity index (χ1n) is 6.43. The molecule has 21 heavy (non-hydrogen) atoms. The van der Waals surface area contributed by atoms with Crippen molar-refractivity contribution in [1.82, 2.24) is 10.2 Å². The van der Waals surface area contributed by atoms with Crippen LogP contribution in [0.5, 0.6) is 0 Å². The highest BCUT2D eigenvalue weighted by Gasteiger charge is 2.17. The molecule has 0 aliphatic rings. The zero-order valence-corrected chi connectivity index (χ0v) is 14.5. The Morgan fingerprint density at radius 2 is 1.76 bits per heavy atom. The van der Waals surface area contributed by atoms with Gasteiger partial charge in [-0.25, -0.2) is 0 Å². The second kappa shape index (κ2) is 5.66. The summed E-state index contributed by atoms with van der Waals surface area (Å²) in [5.41, 5.74) is 11.2. The van der Waals surface area contributed by atoms with Gasteiger partial charge in [-0.1, -0.05) is 46.3 Å². The van der Waals surface area contributed by atoms with Gasteiger partial charge in [0.2, 0.25) is 0 Å². The summed E-state index contributed by atoms with van der Waals surface area (Å²) in [5, 5.41) is 7.24.